The molecule has 1 aromatic carbocycles. The minimum Gasteiger partial charge on any atom is -0.497 e. The zero-order valence-electron chi connectivity index (χ0n) is 12.4. The van der Waals surface area contributed by atoms with Gasteiger partial charge in [-0.05, 0) is 44.2 Å². The molecule has 0 bridgehead atoms. The third kappa shape index (κ3) is 4.59. The molecule has 1 rings (SSSR count). The summed E-state index contributed by atoms with van der Waals surface area (Å²) in [4.78, 5) is 2.32. The first-order chi connectivity index (χ1) is 9.12. The van der Waals surface area contributed by atoms with Crippen LogP contribution in [0.15, 0.2) is 18.2 Å². The fraction of sp³-hybridized carbons (Fsp3) is 0.500. The normalized spacial score (nSPS) is 11.9. The molecule has 0 saturated heterocycles. The zero-order valence-corrected chi connectivity index (χ0v) is 12.4. The van der Waals surface area contributed by atoms with Crippen LogP contribution in [0.5, 0.6) is 5.75 Å². The van der Waals surface area contributed by atoms with E-state index in [1.807, 2.05) is 12.1 Å². The lowest BCUT2D eigenvalue weighted by Gasteiger charge is -2.24. The van der Waals surface area contributed by atoms with E-state index < -0.39 is 0 Å². The molecule has 0 aliphatic rings. The van der Waals surface area contributed by atoms with E-state index in [-0.39, 0.29) is 0 Å². The lowest BCUT2D eigenvalue weighted by molar-refractivity contribution is 0.243. The summed E-state index contributed by atoms with van der Waals surface area (Å²) in [6.07, 6.45) is 1.13. The molecule has 1 unspecified atom stereocenters. The van der Waals surface area contributed by atoms with Crippen molar-refractivity contribution in [1.82, 2.24) is 4.90 Å². The van der Waals surface area contributed by atoms with E-state index in [2.05, 4.69) is 43.7 Å². The molecular weight excluding hydrogens is 236 g/mol. The molecule has 0 aliphatic carbocycles. The maximum atomic E-state index is 5.44. The Labute approximate surface area is 116 Å². The summed E-state index contributed by atoms with van der Waals surface area (Å²) < 4.78 is 5.29. The van der Waals surface area contributed by atoms with E-state index in [1.165, 1.54) is 5.56 Å². The van der Waals surface area contributed by atoms with Crippen molar-refractivity contribution in [2.75, 3.05) is 20.7 Å². The summed E-state index contributed by atoms with van der Waals surface area (Å²) in [5, 5.41) is 0. The van der Waals surface area contributed by atoms with Crippen LogP contribution in [-0.2, 0) is 6.54 Å². The van der Waals surface area contributed by atoms with Gasteiger partial charge >= 0.3 is 0 Å². The van der Waals surface area contributed by atoms with E-state index in [4.69, 9.17) is 10.5 Å². The van der Waals surface area contributed by atoms with Crippen LogP contribution in [0.4, 0.5) is 0 Å². The van der Waals surface area contributed by atoms with Crippen molar-refractivity contribution in [3.8, 4) is 17.6 Å². The summed E-state index contributed by atoms with van der Waals surface area (Å²) in [5.74, 6) is 6.91. The van der Waals surface area contributed by atoms with Gasteiger partial charge in [0.25, 0.3) is 0 Å². The summed E-state index contributed by atoms with van der Waals surface area (Å²) >= 11 is 0. The van der Waals surface area contributed by atoms with Crippen molar-refractivity contribution in [2.24, 2.45) is 5.73 Å². The molecule has 3 heteroatoms. The molecule has 104 valence electrons. The Morgan fingerprint density at radius 2 is 2.16 bits per heavy atom. The Hall–Kier alpha value is -1.50. The van der Waals surface area contributed by atoms with Crippen molar-refractivity contribution < 1.29 is 4.74 Å². The van der Waals surface area contributed by atoms with Gasteiger partial charge in [0.1, 0.15) is 5.75 Å². The molecule has 0 saturated carbocycles. The van der Waals surface area contributed by atoms with Gasteiger partial charge in [0.2, 0.25) is 0 Å². The Morgan fingerprint density at radius 1 is 1.42 bits per heavy atom. The highest BCUT2D eigenvalue weighted by atomic mass is 16.5. The van der Waals surface area contributed by atoms with Crippen molar-refractivity contribution in [3.63, 3.8) is 0 Å². The second-order valence-corrected chi connectivity index (χ2v) is 4.70. The molecular formula is C16H24N2O. The maximum Gasteiger partial charge on any atom is 0.119 e. The zero-order chi connectivity index (χ0) is 14.3. The molecule has 0 aliphatic heterocycles. The van der Waals surface area contributed by atoms with Gasteiger partial charge in [-0.3, -0.25) is 4.90 Å². The fourth-order valence-electron chi connectivity index (χ4n) is 1.83. The summed E-state index contributed by atoms with van der Waals surface area (Å²) in [5.41, 5.74) is 7.66. The highest BCUT2D eigenvalue weighted by Crippen LogP contribution is 2.19. The van der Waals surface area contributed by atoms with Crippen LogP contribution in [0.2, 0.25) is 0 Å². The SMILES string of the molecule is CCC(C)N(C)Cc1cc(OC)ccc1C#CCN. The van der Waals surface area contributed by atoms with Gasteiger partial charge in [-0.15, -0.1) is 0 Å². The maximum absolute atomic E-state index is 5.44. The number of ether oxygens (including phenoxy) is 1. The Morgan fingerprint density at radius 3 is 2.74 bits per heavy atom. The van der Waals surface area contributed by atoms with Gasteiger partial charge in [0.05, 0.1) is 13.7 Å². The minimum absolute atomic E-state index is 0.382. The van der Waals surface area contributed by atoms with Crippen molar-refractivity contribution in [1.29, 1.82) is 0 Å². The van der Waals surface area contributed by atoms with Gasteiger partial charge in [-0.2, -0.15) is 0 Å². The number of hydrogen-bond donors (Lipinski definition) is 1. The standard InChI is InChI=1S/C16H24N2O/c1-5-13(2)18(3)12-15-11-16(19-4)9-8-14(15)7-6-10-17/h8-9,11,13H,5,10,12,17H2,1-4H3. The van der Waals surface area contributed by atoms with Crippen LogP contribution in [0.1, 0.15) is 31.4 Å². The first-order valence-corrected chi connectivity index (χ1v) is 6.68. The Balaban J connectivity index is 3.00. The molecule has 3 nitrogen and oxygen atoms in total. The van der Waals surface area contributed by atoms with E-state index >= 15 is 0 Å². The molecule has 0 amide bonds. The first kappa shape index (κ1) is 15.6. The molecule has 0 spiro atoms. The van der Waals surface area contributed by atoms with Crippen LogP contribution in [0.3, 0.4) is 0 Å². The predicted molar refractivity (Wildman–Crippen MR) is 80.1 cm³/mol. The predicted octanol–water partition coefficient (Wildman–Crippen LogP) is 2.24. The summed E-state index contributed by atoms with van der Waals surface area (Å²) in [6.45, 7) is 5.67. The molecule has 0 aromatic heterocycles. The van der Waals surface area contributed by atoms with Crippen molar-refractivity contribution in [3.05, 3.63) is 29.3 Å². The van der Waals surface area contributed by atoms with E-state index in [0.717, 1.165) is 24.3 Å². The first-order valence-electron chi connectivity index (χ1n) is 6.68. The molecule has 1 aromatic rings. The number of nitrogens with two attached hydrogens (primary N) is 1. The number of benzene rings is 1. The Bertz CT molecular complexity index is 460. The van der Waals surface area contributed by atoms with Gasteiger partial charge in [0.15, 0.2) is 0 Å². The molecule has 2 N–H and O–H groups in total. The van der Waals surface area contributed by atoms with E-state index in [0.29, 0.717) is 12.6 Å². The van der Waals surface area contributed by atoms with Gasteiger partial charge in [-0.1, -0.05) is 18.8 Å². The molecule has 19 heavy (non-hydrogen) atoms. The Kier molecular flexibility index (Phi) is 6.41. The quantitative estimate of drug-likeness (QED) is 0.825. The third-order valence-electron chi connectivity index (χ3n) is 3.40. The number of rotatable bonds is 5. The fourth-order valence-corrected chi connectivity index (χ4v) is 1.83. The number of hydrogen-bond acceptors (Lipinski definition) is 3. The van der Waals surface area contributed by atoms with E-state index in [1.54, 1.807) is 7.11 Å². The summed E-state index contributed by atoms with van der Waals surface area (Å²) in [7, 11) is 3.82. The van der Waals surface area contributed by atoms with Crippen LogP contribution in [-0.4, -0.2) is 31.6 Å². The lowest BCUT2D eigenvalue weighted by Crippen LogP contribution is -2.28. The molecule has 0 radical (unpaired) electrons. The summed E-state index contributed by atoms with van der Waals surface area (Å²) in [6, 6.07) is 6.54. The average Bonchev–Trinajstić information content (AvgIpc) is 2.44. The topological polar surface area (TPSA) is 38.5 Å². The highest BCUT2D eigenvalue weighted by Gasteiger charge is 2.10. The second-order valence-electron chi connectivity index (χ2n) is 4.70. The van der Waals surface area contributed by atoms with E-state index in [9.17, 15) is 0 Å². The molecule has 0 heterocycles. The third-order valence-corrected chi connectivity index (χ3v) is 3.40. The van der Waals surface area contributed by atoms with Gasteiger partial charge < -0.3 is 10.5 Å². The minimum atomic E-state index is 0.382. The lowest BCUT2D eigenvalue weighted by atomic mass is 10.1. The number of nitrogens with zero attached hydrogens (tertiary/aromatic N) is 1. The average molecular weight is 260 g/mol. The van der Waals surface area contributed by atoms with Gasteiger partial charge in [0, 0.05) is 18.2 Å². The second kappa shape index (κ2) is 7.83. The molecule has 1 atom stereocenters. The van der Waals surface area contributed by atoms with Crippen LogP contribution in [0.25, 0.3) is 0 Å². The van der Waals surface area contributed by atoms with Crippen molar-refractivity contribution >= 4 is 0 Å². The number of methoxy groups -OCH3 is 1. The van der Waals surface area contributed by atoms with Crippen LogP contribution in [0, 0.1) is 11.8 Å². The monoisotopic (exact) mass is 260 g/mol. The van der Waals surface area contributed by atoms with Crippen LogP contribution >= 0.6 is 0 Å². The van der Waals surface area contributed by atoms with Gasteiger partial charge in [-0.25, -0.2) is 0 Å². The molecule has 0 fully saturated rings. The smallest absolute Gasteiger partial charge is 0.119 e. The van der Waals surface area contributed by atoms with Crippen molar-refractivity contribution in [2.45, 2.75) is 32.9 Å². The largest absolute Gasteiger partial charge is 0.497 e. The highest BCUT2D eigenvalue weighted by molar-refractivity contribution is 5.45. The van der Waals surface area contributed by atoms with Crippen LogP contribution < -0.4 is 10.5 Å².